The van der Waals surface area contributed by atoms with Gasteiger partial charge in [0.2, 0.25) is 0 Å². The summed E-state index contributed by atoms with van der Waals surface area (Å²) in [5, 5.41) is 2.01. The molecule has 0 aliphatic heterocycles. The predicted molar refractivity (Wildman–Crippen MR) is 106 cm³/mol. The van der Waals surface area contributed by atoms with Gasteiger partial charge in [0.25, 0.3) is 5.91 Å². The maximum Gasteiger partial charge on any atom is 0.259 e. The minimum absolute atomic E-state index is 0.0851. The number of thiophene rings is 1. The van der Waals surface area contributed by atoms with E-state index in [0.29, 0.717) is 24.5 Å². The van der Waals surface area contributed by atoms with Crippen LogP contribution in [0.5, 0.6) is 5.75 Å². The Balaban J connectivity index is 1.84. The van der Waals surface area contributed by atoms with E-state index in [0.717, 1.165) is 23.5 Å². The number of unbranched alkanes of at least 4 members (excludes halogenated alkanes) is 1. The molecule has 0 aliphatic rings. The van der Waals surface area contributed by atoms with Crippen molar-refractivity contribution >= 4 is 23.1 Å². The number of aromatic nitrogens is 1. The van der Waals surface area contributed by atoms with Crippen molar-refractivity contribution in [1.82, 2.24) is 4.98 Å². The Morgan fingerprint density at radius 2 is 2.08 bits per heavy atom. The number of carbonyl (C=O) groups is 1. The van der Waals surface area contributed by atoms with Crippen molar-refractivity contribution < 1.29 is 9.53 Å². The highest BCUT2D eigenvalue weighted by atomic mass is 32.1. The maximum atomic E-state index is 13.2. The fraction of sp³-hybridized carbons (Fsp3) is 0.238. The summed E-state index contributed by atoms with van der Waals surface area (Å²) in [5.41, 5.74) is 0.598. The van der Waals surface area contributed by atoms with E-state index < -0.39 is 0 Å². The van der Waals surface area contributed by atoms with Crippen LogP contribution >= 0.6 is 11.3 Å². The molecule has 3 aromatic rings. The summed E-state index contributed by atoms with van der Waals surface area (Å²) in [6.45, 7) is 3.28. The summed E-state index contributed by atoms with van der Waals surface area (Å²) < 4.78 is 5.74. The van der Waals surface area contributed by atoms with Crippen LogP contribution in [-0.2, 0) is 6.54 Å². The van der Waals surface area contributed by atoms with Crippen LogP contribution in [0, 0.1) is 0 Å². The second kappa shape index (κ2) is 9.15. The minimum atomic E-state index is -0.0851. The van der Waals surface area contributed by atoms with Crippen LogP contribution in [0.4, 0.5) is 5.82 Å². The lowest BCUT2D eigenvalue weighted by atomic mass is 10.1. The Kier molecular flexibility index (Phi) is 6.39. The zero-order chi connectivity index (χ0) is 18.2. The average molecular weight is 366 g/mol. The van der Waals surface area contributed by atoms with Crippen molar-refractivity contribution in [1.29, 1.82) is 0 Å². The standard InChI is InChI=1S/C21H22N2O2S/c1-2-3-13-25-18-9-6-8-17(15-18)21(24)23(16-19-10-7-14-26-19)20-11-4-5-12-22-20/h4-12,14-15H,2-3,13,16H2,1H3. The van der Waals surface area contributed by atoms with Crippen LogP contribution in [0.3, 0.4) is 0 Å². The number of anilines is 1. The van der Waals surface area contributed by atoms with Crippen molar-refractivity contribution in [2.45, 2.75) is 26.3 Å². The molecule has 3 rings (SSSR count). The molecule has 0 atom stereocenters. The largest absolute Gasteiger partial charge is 0.494 e. The maximum absolute atomic E-state index is 13.2. The number of carbonyl (C=O) groups excluding carboxylic acids is 1. The summed E-state index contributed by atoms with van der Waals surface area (Å²) >= 11 is 1.63. The van der Waals surface area contributed by atoms with E-state index in [1.54, 1.807) is 22.4 Å². The first-order valence-corrected chi connectivity index (χ1v) is 9.64. The van der Waals surface area contributed by atoms with Gasteiger partial charge in [-0.1, -0.05) is 31.5 Å². The molecule has 0 spiro atoms. The summed E-state index contributed by atoms with van der Waals surface area (Å²) in [4.78, 5) is 20.4. The molecule has 2 heterocycles. The van der Waals surface area contributed by atoms with Crippen LogP contribution in [0.25, 0.3) is 0 Å². The van der Waals surface area contributed by atoms with Gasteiger partial charge >= 0.3 is 0 Å². The lowest BCUT2D eigenvalue weighted by Gasteiger charge is -2.21. The third kappa shape index (κ3) is 4.70. The van der Waals surface area contributed by atoms with Gasteiger partial charge in [0.1, 0.15) is 11.6 Å². The third-order valence-electron chi connectivity index (χ3n) is 3.91. The van der Waals surface area contributed by atoms with Crippen LogP contribution in [-0.4, -0.2) is 17.5 Å². The fourth-order valence-electron chi connectivity index (χ4n) is 2.54. The Morgan fingerprint density at radius 3 is 2.81 bits per heavy atom. The zero-order valence-corrected chi connectivity index (χ0v) is 15.6. The summed E-state index contributed by atoms with van der Waals surface area (Å²) in [7, 11) is 0. The normalized spacial score (nSPS) is 10.5. The molecule has 1 aromatic carbocycles. The van der Waals surface area contributed by atoms with E-state index in [-0.39, 0.29) is 5.91 Å². The molecule has 0 saturated carbocycles. The van der Waals surface area contributed by atoms with Crippen molar-refractivity contribution in [3.8, 4) is 5.75 Å². The van der Waals surface area contributed by atoms with Gasteiger partial charge in [0.15, 0.2) is 0 Å². The van der Waals surface area contributed by atoms with Gasteiger partial charge in [-0.15, -0.1) is 11.3 Å². The molecule has 134 valence electrons. The molecule has 0 fully saturated rings. The number of nitrogens with zero attached hydrogens (tertiary/aromatic N) is 2. The average Bonchev–Trinajstić information content (AvgIpc) is 3.20. The van der Waals surface area contributed by atoms with Gasteiger partial charge in [0.05, 0.1) is 13.2 Å². The van der Waals surface area contributed by atoms with Gasteiger partial charge in [-0.3, -0.25) is 9.69 Å². The molecule has 2 aromatic heterocycles. The highest BCUT2D eigenvalue weighted by Gasteiger charge is 2.20. The highest BCUT2D eigenvalue weighted by Crippen LogP contribution is 2.22. The second-order valence-electron chi connectivity index (χ2n) is 5.89. The molecule has 26 heavy (non-hydrogen) atoms. The summed E-state index contributed by atoms with van der Waals surface area (Å²) in [6, 6.07) is 17.0. The molecule has 5 heteroatoms. The predicted octanol–water partition coefficient (Wildman–Crippen LogP) is 5.17. The SMILES string of the molecule is CCCCOc1cccc(C(=O)N(Cc2cccs2)c2ccccn2)c1. The second-order valence-corrected chi connectivity index (χ2v) is 6.92. The number of ether oxygens (including phenoxy) is 1. The van der Waals surface area contributed by atoms with Crippen molar-refractivity contribution in [3.05, 3.63) is 76.6 Å². The van der Waals surface area contributed by atoms with Crippen LogP contribution in [0.15, 0.2) is 66.2 Å². The van der Waals surface area contributed by atoms with Crippen molar-refractivity contribution in [3.63, 3.8) is 0 Å². The molecule has 0 unspecified atom stereocenters. The molecular formula is C21H22N2O2S. The first-order chi connectivity index (χ1) is 12.8. The molecular weight excluding hydrogens is 344 g/mol. The summed E-state index contributed by atoms with van der Waals surface area (Å²) in [6.07, 6.45) is 3.78. The van der Waals surface area contributed by atoms with E-state index in [2.05, 4.69) is 11.9 Å². The van der Waals surface area contributed by atoms with Gasteiger partial charge in [-0.25, -0.2) is 4.98 Å². The number of pyridine rings is 1. The molecule has 4 nitrogen and oxygen atoms in total. The van der Waals surface area contributed by atoms with Gasteiger partial charge in [0, 0.05) is 16.6 Å². The zero-order valence-electron chi connectivity index (χ0n) is 14.8. The number of benzene rings is 1. The van der Waals surface area contributed by atoms with E-state index in [9.17, 15) is 4.79 Å². The Labute approximate surface area is 158 Å². The summed E-state index contributed by atoms with van der Waals surface area (Å²) in [5.74, 6) is 1.28. The smallest absolute Gasteiger partial charge is 0.259 e. The van der Waals surface area contributed by atoms with Crippen molar-refractivity contribution in [2.24, 2.45) is 0 Å². The highest BCUT2D eigenvalue weighted by molar-refractivity contribution is 7.09. The molecule has 0 radical (unpaired) electrons. The Hall–Kier alpha value is -2.66. The van der Waals surface area contributed by atoms with E-state index in [1.165, 1.54) is 0 Å². The quantitative estimate of drug-likeness (QED) is 0.517. The monoisotopic (exact) mass is 366 g/mol. The first-order valence-electron chi connectivity index (χ1n) is 8.76. The Bertz CT molecular complexity index is 819. The molecule has 1 amide bonds. The third-order valence-corrected chi connectivity index (χ3v) is 4.77. The molecule has 0 saturated heterocycles. The van der Waals surface area contributed by atoms with Crippen LogP contribution in [0.2, 0.25) is 0 Å². The first kappa shape index (κ1) is 18.1. The molecule has 0 N–H and O–H groups in total. The fourth-order valence-corrected chi connectivity index (χ4v) is 3.23. The lowest BCUT2D eigenvalue weighted by Crippen LogP contribution is -2.30. The lowest BCUT2D eigenvalue weighted by molar-refractivity contribution is 0.0984. The van der Waals surface area contributed by atoms with Crippen molar-refractivity contribution in [2.75, 3.05) is 11.5 Å². The Morgan fingerprint density at radius 1 is 1.15 bits per heavy atom. The number of hydrogen-bond donors (Lipinski definition) is 0. The van der Waals surface area contributed by atoms with Crippen LogP contribution < -0.4 is 9.64 Å². The topological polar surface area (TPSA) is 42.4 Å². The van der Waals surface area contributed by atoms with Crippen LogP contribution in [0.1, 0.15) is 35.0 Å². The van der Waals surface area contributed by atoms with Gasteiger partial charge in [-0.2, -0.15) is 0 Å². The van der Waals surface area contributed by atoms with Gasteiger partial charge in [-0.05, 0) is 48.2 Å². The number of hydrogen-bond acceptors (Lipinski definition) is 4. The van der Waals surface area contributed by atoms with Gasteiger partial charge < -0.3 is 4.74 Å². The molecule has 0 aliphatic carbocycles. The number of amides is 1. The molecule has 0 bridgehead atoms. The minimum Gasteiger partial charge on any atom is -0.494 e. The van der Waals surface area contributed by atoms with E-state index in [1.807, 2.05) is 60.0 Å². The number of rotatable bonds is 8. The van der Waals surface area contributed by atoms with E-state index in [4.69, 9.17) is 4.74 Å². The van der Waals surface area contributed by atoms with E-state index >= 15 is 0 Å².